The van der Waals surface area contributed by atoms with Crippen molar-refractivity contribution < 1.29 is 15.0 Å². The summed E-state index contributed by atoms with van der Waals surface area (Å²) in [6, 6.07) is 4.41. The first-order valence-electron chi connectivity index (χ1n) is 2.83. The van der Waals surface area contributed by atoms with Gasteiger partial charge in [0.25, 0.3) is 0 Å². The highest BCUT2D eigenvalue weighted by Crippen LogP contribution is 2.19. The van der Waals surface area contributed by atoms with Crippen molar-refractivity contribution in [1.82, 2.24) is 0 Å². The highest BCUT2D eigenvalue weighted by atomic mass is 127. The second kappa shape index (κ2) is 3.08. The van der Waals surface area contributed by atoms with E-state index in [9.17, 15) is 4.79 Å². The monoisotopic (exact) mass is 264 g/mol. The molecule has 2 N–H and O–H groups in total. The van der Waals surface area contributed by atoms with Crippen LogP contribution in [-0.4, -0.2) is 16.2 Å². The molecular formula is C7H5IO3. The minimum Gasteiger partial charge on any atom is -0.507 e. The van der Waals surface area contributed by atoms with Crippen LogP contribution in [0.2, 0.25) is 0 Å². The highest BCUT2D eigenvalue weighted by molar-refractivity contribution is 14.1. The second-order valence-corrected chi connectivity index (χ2v) is 3.21. The maximum absolute atomic E-state index is 10.4. The molecule has 0 radical (unpaired) electrons. The van der Waals surface area contributed by atoms with E-state index < -0.39 is 5.97 Å². The van der Waals surface area contributed by atoms with Gasteiger partial charge in [0.15, 0.2) is 0 Å². The molecule has 58 valence electrons. The summed E-state index contributed by atoms with van der Waals surface area (Å²) in [7, 11) is 0. The van der Waals surface area contributed by atoms with E-state index in [0.717, 1.165) is 3.57 Å². The molecule has 0 spiro atoms. The number of hydrogen-bond acceptors (Lipinski definition) is 2. The van der Waals surface area contributed by atoms with Crippen LogP contribution in [-0.2, 0) is 0 Å². The molecule has 0 amide bonds. The van der Waals surface area contributed by atoms with Crippen LogP contribution in [0.3, 0.4) is 0 Å². The zero-order chi connectivity index (χ0) is 8.43. The van der Waals surface area contributed by atoms with Crippen LogP contribution < -0.4 is 0 Å². The fourth-order valence-electron chi connectivity index (χ4n) is 0.686. The van der Waals surface area contributed by atoms with Gasteiger partial charge >= 0.3 is 5.97 Å². The van der Waals surface area contributed by atoms with Crippen molar-refractivity contribution in [1.29, 1.82) is 0 Å². The van der Waals surface area contributed by atoms with Crippen LogP contribution in [0, 0.1) is 3.57 Å². The van der Waals surface area contributed by atoms with Crippen LogP contribution in [0.1, 0.15) is 10.4 Å². The number of carboxylic acid groups (broad SMARTS) is 1. The minimum atomic E-state index is -1.11. The number of rotatable bonds is 1. The van der Waals surface area contributed by atoms with Crippen molar-refractivity contribution in [2.24, 2.45) is 0 Å². The third kappa shape index (κ3) is 1.83. The van der Waals surface area contributed by atoms with Crippen molar-refractivity contribution >= 4 is 28.6 Å². The smallest absolute Gasteiger partial charge is 0.339 e. The van der Waals surface area contributed by atoms with Crippen LogP contribution in [0.15, 0.2) is 18.2 Å². The summed E-state index contributed by atoms with van der Waals surface area (Å²) in [4.78, 5) is 10.4. The van der Waals surface area contributed by atoms with Gasteiger partial charge in [0, 0.05) is 3.57 Å². The van der Waals surface area contributed by atoms with E-state index in [1.54, 1.807) is 6.07 Å². The van der Waals surface area contributed by atoms with Crippen LogP contribution >= 0.6 is 22.6 Å². The molecule has 0 bridgehead atoms. The van der Waals surface area contributed by atoms with Crippen molar-refractivity contribution in [2.75, 3.05) is 0 Å². The molecule has 1 aromatic carbocycles. The first kappa shape index (κ1) is 8.32. The number of hydrogen-bond donors (Lipinski definition) is 2. The molecular weight excluding hydrogens is 259 g/mol. The number of aromatic carboxylic acids is 1. The normalized spacial score (nSPS) is 9.55. The summed E-state index contributed by atoms with van der Waals surface area (Å²) in [5.41, 5.74) is -0.0644. The quantitative estimate of drug-likeness (QED) is 0.759. The molecule has 0 heterocycles. The van der Waals surface area contributed by atoms with E-state index >= 15 is 0 Å². The number of carbonyl (C=O) groups is 1. The average molecular weight is 264 g/mol. The molecule has 11 heavy (non-hydrogen) atoms. The molecule has 0 unspecified atom stereocenters. The van der Waals surface area contributed by atoms with Crippen LogP contribution in [0.5, 0.6) is 5.75 Å². The van der Waals surface area contributed by atoms with Crippen molar-refractivity contribution in [2.45, 2.75) is 0 Å². The summed E-state index contributed by atoms with van der Waals surface area (Å²) in [5.74, 6) is -1.30. The fourth-order valence-corrected chi connectivity index (χ4v) is 1.16. The van der Waals surface area contributed by atoms with Crippen LogP contribution in [0.4, 0.5) is 0 Å². The largest absolute Gasteiger partial charge is 0.507 e. The summed E-state index contributed by atoms with van der Waals surface area (Å²) in [6.45, 7) is 0. The van der Waals surface area contributed by atoms with Gasteiger partial charge in [0.2, 0.25) is 0 Å². The minimum absolute atomic E-state index is 0.0644. The Bertz CT molecular complexity index is 296. The van der Waals surface area contributed by atoms with Gasteiger partial charge in [-0.1, -0.05) is 0 Å². The maximum Gasteiger partial charge on any atom is 0.339 e. The van der Waals surface area contributed by atoms with Gasteiger partial charge in [0.05, 0.1) is 0 Å². The Labute approximate surface area is 76.8 Å². The lowest BCUT2D eigenvalue weighted by Gasteiger charge is -1.97. The third-order valence-corrected chi connectivity index (χ3v) is 1.86. The lowest BCUT2D eigenvalue weighted by molar-refractivity contribution is 0.0693. The van der Waals surface area contributed by atoms with Gasteiger partial charge < -0.3 is 10.2 Å². The Morgan fingerprint density at radius 1 is 1.45 bits per heavy atom. The number of carboxylic acids is 1. The zero-order valence-corrected chi connectivity index (χ0v) is 7.57. The Balaban J connectivity index is 3.20. The first-order chi connectivity index (χ1) is 5.11. The van der Waals surface area contributed by atoms with E-state index in [1.165, 1.54) is 12.1 Å². The number of halogens is 1. The molecule has 0 aliphatic rings. The predicted octanol–water partition coefficient (Wildman–Crippen LogP) is 1.70. The third-order valence-electron chi connectivity index (χ3n) is 1.19. The SMILES string of the molecule is O=C(O)c1ccc(I)cc1O. The van der Waals surface area contributed by atoms with Crippen molar-refractivity contribution in [3.63, 3.8) is 0 Å². The standard InChI is InChI=1S/C7H5IO3/c8-4-1-2-5(7(10)11)6(9)3-4/h1-3,9H,(H,10,11). The van der Waals surface area contributed by atoms with E-state index in [0.29, 0.717) is 0 Å². The first-order valence-corrected chi connectivity index (χ1v) is 3.91. The Kier molecular flexibility index (Phi) is 2.33. The molecule has 1 aromatic rings. The average Bonchev–Trinajstić information content (AvgIpc) is 1.85. The lowest BCUT2D eigenvalue weighted by Crippen LogP contribution is -1.96. The summed E-state index contributed by atoms with van der Waals surface area (Å²) < 4.78 is 0.810. The summed E-state index contributed by atoms with van der Waals surface area (Å²) in [6.07, 6.45) is 0. The number of benzene rings is 1. The Morgan fingerprint density at radius 3 is 2.55 bits per heavy atom. The van der Waals surface area contributed by atoms with Gasteiger partial charge in [-0.05, 0) is 40.8 Å². The number of phenols is 1. The predicted molar refractivity (Wildman–Crippen MR) is 47.8 cm³/mol. The van der Waals surface area contributed by atoms with Gasteiger partial charge in [-0.3, -0.25) is 0 Å². The van der Waals surface area contributed by atoms with E-state index in [4.69, 9.17) is 10.2 Å². The van der Waals surface area contributed by atoms with Crippen LogP contribution in [0.25, 0.3) is 0 Å². The zero-order valence-electron chi connectivity index (χ0n) is 5.41. The molecule has 0 atom stereocenters. The second-order valence-electron chi connectivity index (χ2n) is 1.97. The molecule has 0 aromatic heterocycles. The van der Waals surface area contributed by atoms with Crippen molar-refractivity contribution in [3.05, 3.63) is 27.3 Å². The fraction of sp³-hybridized carbons (Fsp3) is 0. The van der Waals surface area contributed by atoms with Gasteiger partial charge in [0.1, 0.15) is 11.3 Å². The molecule has 0 aliphatic heterocycles. The maximum atomic E-state index is 10.4. The number of aromatic hydroxyl groups is 1. The Hall–Kier alpha value is -0.780. The summed E-state index contributed by atoms with van der Waals surface area (Å²) >= 11 is 1.99. The van der Waals surface area contributed by atoms with Gasteiger partial charge in [-0.25, -0.2) is 4.79 Å². The van der Waals surface area contributed by atoms with E-state index in [1.807, 2.05) is 22.6 Å². The molecule has 0 saturated heterocycles. The Morgan fingerprint density at radius 2 is 2.09 bits per heavy atom. The molecule has 0 saturated carbocycles. The topological polar surface area (TPSA) is 57.5 Å². The molecule has 1 rings (SSSR count). The van der Waals surface area contributed by atoms with E-state index in [-0.39, 0.29) is 11.3 Å². The molecule has 0 fully saturated rings. The van der Waals surface area contributed by atoms with Crippen molar-refractivity contribution in [3.8, 4) is 5.75 Å². The molecule has 3 nitrogen and oxygen atoms in total. The summed E-state index contributed by atoms with van der Waals surface area (Å²) in [5, 5.41) is 17.6. The highest BCUT2D eigenvalue weighted by Gasteiger charge is 2.07. The van der Waals surface area contributed by atoms with E-state index in [2.05, 4.69) is 0 Å². The van der Waals surface area contributed by atoms with Gasteiger partial charge in [-0.15, -0.1) is 0 Å². The lowest BCUT2D eigenvalue weighted by atomic mass is 10.2. The van der Waals surface area contributed by atoms with Gasteiger partial charge in [-0.2, -0.15) is 0 Å². The molecule has 0 aliphatic carbocycles. The molecule has 4 heteroatoms.